The fourth-order valence-electron chi connectivity index (χ4n) is 8.81. The summed E-state index contributed by atoms with van der Waals surface area (Å²) in [6.07, 6.45) is 27.0. The Morgan fingerprint density at radius 1 is 0.478 bits per heavy atom. The van der Waals surface area contributed by atoms with Crippen LogP contribution in [0.2, 0.25) is 0 Å². The first-order valence-electron chi connectivity index (χ1n) is 27.3. The second kappa shape index (κ2) is 41.4. The minimum Gasteiger partial charge on any atom is -0.457 e. The van der Waals surface area contributed by atoms with Crippen molar-refractivity contribution in [2.24, 2.45) is 0 Å². The Hall–Kier alpha value is -1.27. The van der Waals surface area contributed by atoms with E-state index in [-0.39, 0.29) is 25.6 Å². The first kappa shape index (κ1) is 61.8. The molecule has 0 aromatic heterocycles. The third-order valence-corrected chi connectivity index (χ3v) is 13.3. The lowest BCUT2D eigenvalue weighted by Crippen LogP contribution is -2.61. The maximum absolute atomic E-state index is 13.0. The lowest BCUT2D eigenvalue weighted by molar-refractivity contribution is -0.332. The van der Waals surface area contributed by atoms with E-state index in [2.05, 4.69) is 26.0 Å². The number of carbonyl (C=O) groups excluding carboxylic acids is 1. The molecule has 2 fully saturated rings. The van der Waals surface area contributed by atoms with Gasteiger partial charge in [-0.1, -0.05) is 187 Å². The molecule has 2 aliphatic rings. The number of hydrogen-bond donors (Lipinski definition) is 7. The molecule has 0 saturated carbocycles. The van der Waals surface area contributed by atoms with E-state index in [1.165, 1.54) is 154 Å². The smallest absolute Gasteiger partial charge is 0.306 e. The Morgan fingerprint density at radius 3 is 1.36 bits per heavy atom. The zero-order valence-corrected chi connectivity index (χ0v) is 42.2. The van der Waals surface area contributed by atoms with Gasteiger partial charge in [0.15, 0.2) is 12.6 Å². The summed E-state index contributed by atoms with van der Waals surface area (Å²) in [6.45, 7) is 3.72. The van der Waals surface area contributed by atoms with Gasteiger partial charge in [-0.2, -0.15) is 0 Å². The average Bonchev–Trinajstić information content (AvgIpc) is 3.32. The summed E-state index contributed by atoms with van der Waals surface area (Å²) < 4.78 is 34.3. The molecular weight excluding hydrogens is 861 g/mol. The molecule has 14 nitrogen and oxygen atoms in total. The van der Waals surface area contributed by atoms with Crippen LogP contribution in [-0.4, -0.2) is 142 Å². The van der Waals surface area contributed by atoms with Crippen LogP contribution in [0.4, 0.5) is 0 Å². The Bertz CT molecular complexity index is 1160. The van der Waals surface area contributed by atoms with Crippen LogP contribution in [0.3, 0.4) is 0 Å². The predicted octanol–water partition coefficient (Wildman–Crippen LogP) is 8.63. The Balaban J connectivity index is 1.74. The molecule has 0 radical (unpaired) electrons. The van der Waals surface area contributed by atoms with Crippen LogP contribution in [0, 0.1) is 0 Å². The van der Waals surface area contributed by atoms with E-state index in [0.717, 1.165) is 38.5 Å². The molecule has 396 valence electrons. The van der Waals surface area contributed by atoms with Crippen molar-refractivity contribution < 1.29 is 69.0 Å². The molecule has 0 spiro atoms. The SMILES string of the molecule is CCCCCCCC/C=C\CCCCCCCCCCCC(=O)OC(COCCCCCCCCCCCCCCCC)COC1OC(COC2OC(CO)C(O)C(O)C2O)C(O)C(O)C1O. The molecule has 2 aliphatic heterocycles. The van der Waals surface area contributed by atoms with Gasteiger partial charge < -0.3 is 64.2 Å². The molecule has 67 heavy (non-hydrogen) atoms. The zero-order valence-electron chi connectivity index (χ0n) is 42.2. The summed E-state index contributed by atoms with van der Waals surface area (Å²) >= 11 is 0. The van der Waals surface area contributed by atoms with E-state index in [9.17, 15) is 40.5 Å². The van der Waals surface area contributed by atoms with Gasteiger partial charge in [0.25, 0.3) is 0 Å². The number of unbranched alkanes of at least 4 members (excludes halogenated alkanes) is 28. The second-order valence-corrected chi connectivity index (χ2v) is 19.4. The molecular formula is C53H100O14. The topological polar surface area (TPSA) is 214 Å². The van der Waals surface area contributed by atoms with Crippen LogP contribution in [0.1, 0.15) is 219 Å². The first-order chi connectivity index (χ1) is 32.6. The van der Waals surface area contributed by atoms with Gasteiger partial charge >= 0.3 is 5.97 Å². The number of ether oxygens (including phenoxy) is 6. The quantitative estimate of drug-likeness (QED) is 0.0173. The molecule has 0 amide bonds. The van der Waals surface area contributed by atoms with Crippen molar-refractivity contribution in [3.05, 3.63) is 12.2 Å². The highest BCUT2D eigenvalue weighted by molar-refractivity contribution is 5.69. The number of aliphatic hydroxyl groups excluding tert-OH is 7. The van der Waals surface area contributed by atoms with E-state index in [4.69, 9.17) is 28.4 Å². The molecule has 0 bridgehead atoms. The van der Waals surface area contributed by atoms with Crippen LogP contribution >= 0.6 is 0 Å². The van der Waals surface area contributed by atoms with Gasteiger partial charge in [-0.25, -0.2) is 0 Å². The summed E-state index contributed by atoms with van der Waals surface area (Å²) in [5.41, 5.74) is 0. The van der Waals surface area contributed by atoms with Gasteiger partial charge in [0.2, 0.25) is 0 Å². The van der Waals surface area contributed by atoms with Gasteiger partial charge in [0.05, 0.1) is 26.4 Å². The Morgan fingerprint density at radius 2 is 0.881 bits per heavy atom. The molecule has 7 N–H and O–H groups in total. The minimum absolute atomic E-state index is 0.0668. The molecule has 0 aromatic rings. The minimum atomic E-state index is -1.70. The predicted molar refractivity (Wildman–Crippen MR) is 261 cm³/mol. The van der Waals surface area contributed by atoms with Crippen LogP contribution in [0.5, 0.6) is 0 Å². The molecule has 11 unspecified atom stereocenters. The monoisotopic (exact) mass is 961 g/mol. The van der Waals surface area contributed by atoms with Crippen LogP contribution in [0.25, 0.3) is 0 Å². The number of esters is 1. The maximum Gasteiger partial charge on any atom is 0.306 e. The van der Waals surface area contributed by atoms with Crippen molar-refractivity contribution in [2.45, 2.75) is 287 Å². The fraction of sp³-hybridized carbons (Fsp3) is 0.943. The fourth-order valence-corrected chi connectivity index (χ4v) is 8.81. The summed E-state index contributed by atoms with van der Waals surface area (Å²) in [6, 6.07) is 0. The third kappa shape index (κ3) is 29.0. The molecule has 2 heterocycles. The van der Waals surface area contributed by atoms with Gasteiger partial charge in [0.1, 0.15) is 54.9 Å². The summed E-state index contributed by atoms with van der Waals surface area (Å²) in [5, 5.41) is 72.2. The number of rotatable bonds is 44. The highest BCUT2D eigenvalue weighted by atomic mass is 16.7. The van der Waals surface area contributed by atoms with Crippen LogP contribution < -0.4 is 0 Å². The van der Waals surface area contributed by atoms with Crippen molar-refractivity contribution in [2.75, 3.05) is 33.0 Å². The number of aliphatic hydroxyl groups is 7. The lowest BCUT2D eigenvalue weighted by Gasteiger charge is -2.42. The van der Waals surface area contributed by atoms with E-state index >= 15 is 0 Å². The highest BCUT2D eigenvalue weighted by Gasteiger charge is 2.47. The van der Waals surface area contributed by atoms with E-state index < -0.39 is 80.7 Å². The molecule has 2 saturated heterocycles. The summed E-state index contributed by atoms with van der Waals surface area (Å²) in [5.74, 6) is -0.374. The largest absolute Gasteiger partial charge is 0.457 e. The lowest BCUT2D eigenvalue weighted by atomic mass is 9.98. The maximum atomic E-state index is 13.0. The van der Waals surface area contributed by atoms with Gasteiger partial charge in [-0.05, 0) is 38.5 Å². The van der Waals surface area contributed by atoms with Crippen molar-refractivity contribution in [3.8, 4) is 0 Å². The van der Waals surface area contributed by atoms with E-state index in [0.29, 0.717) is 13.0 Å². The molecule has 14 heteroatoms. The first-order valence-corrected chi connectivity index (χ1v) is 27.3. The van der Waals surface area contributed by atoms with Gasteiger partial charge in [-0.3, -0.25) is 4.79 Å². The number of carbonyl (C=O) groups is 1. The molecule has 0 aromatic carbocycles. The normalized spacial score (nSPS) is 26.1. The second-order valence-electron chi connectivity index (χ2n) is 19.4. The van der Waals surface area contributed by atoms with Gasteiger partial charge in [-0.15, -0.1) is 0 Å². The van der Waals surface area contributed by atoms with Crippen molar-refractivity contribution in [1.29, 1.82) is 0 Å². The van der Waals surface area contributed by atoms with E-state index in [1.807, 2.05) is 0 Å². The number of allylic oxidation sites excluding steroid dienone is 2. The summed E-state index contributed by atoms with van der Waals surface area (Å²) in [4.78, 5) is 13.0. The van der Waals surface area contributed by atoms with E-state index in [1.54, 1.807) is 0 Å². The van der Waals surface area contributed by atoms with Crippen LogP contribution in [-0.2, 0) is 33.2 Å². The van der Waals surface area contributed by atoms with Crippen LogP contribution in [0.15, 0.2) is 12.2 Å². The van der Waals surface area contributed by atoms with Crippen molar-refractivity contribution in [3.63, 3.8) is 0 Å². The number of hydrogen-bond acceptors (Lipinski definition) is 14. The molecule has 0 aliphatic carbocycles. The van der Waals surface area contributed by atoms with Crippen molar-refractivity contribution in [1.82, 2.24) is 0 Å². The van der Waals surface area contributed by atoms with Gasteiger partial charge in [0, 0.05) is 13.0 Å². The Labute approximate surface area is 405 Å². The molecule has 2 rings (SSSR count). The standard InChI is InChI=1S/C53H100O14/c1-3-5-7-9-11-13-15-17-19-20-21-22-23-24-26-28-30-32-34-36-45(55)65-42(39-62-37-35-33-31-29-27-25-18-16-14-12-10-8-6-4-2)40-63-52-51(61)49(59)47(57)44(67-52)41-64-53-50(60)48(58)46(56)43(38-54)66-53/h17,19,42-44,46-54,56-61H,3-16,18,20-41H2,1-2H3/b19-17-. The van der Waals surface area contributed by atoms with Crippen molar-refractivity contribution >= 4 is 5.97 Å². The third-order valence-electron chi connectivity index (χ3n) is 13.3. The average molecular weight is 961 g/mol. The zero-order chi connectivity index (χ0) is 48.7. The highest BCUT2D eigenvalue weighted by Crippen LogP contribution is 2.27. The Kier molecular flexibility index (Phi) is 38.2. The molecule has 11 atom stereocenters. The summed E-state index contributed by atoms with van der Waals surface area (Å²) in [7, 11) is 0.